The van der Waals surface area contributed by atoms with Gasteiger partial charge in [0.1, 0.15) is 18.2 Å². The van der Waals surface area contributed by atoms with Crippen LogP contribution < -0.4 is 10.3 Å². The van der Waals surface area contributed by atoms with Crippen molar-refractivity contribution in [2.45, 2.75) is 13.5 Å². The Labute approximate surface area is 153 Å². The highest BCUT2D eigenvalue weighted by Crippen LogP contribution is 2.25. The normalized spacial score (nSPS) is 11.0. The Bertz CT molecular complexity index is 810. The van der Waals surface area contributed by atoms with Crippen molar-refractivity contribution in [3.63, 3.8) is 0 Å². The topological polar surface area (TPSA) is 69.2 Å². The van der Waals surface area contributed by atoms with E-state index < -0.39 is 17.7 Å². The van der Waals surface area contributed by atoms with Crippen LogP contribution in [0.5, 0.6) is 5.75 Å². The SMILES string of the molecule is COC(=O)NOc1cc(/C(C)=N/OCc2cc(F)cc(F)c2)ccc1Cl. The molecule has 0 atom stereocenters. The van der Waals surface area contributed by atoms with Crippen LogP contribution in [0.4, 0.5) is 13.6 Å². The molecule has 0 bridgehead atoms. The zero-order valence-corrected chi connectivity index (χ0v) is 14.6. The number of methoxy groups -OCH3 is 1. The lowest BCUT2D eigenvalue weighted by molar-refractivity contribution is 0.118. The average molecular weight is 385 g/mol. The van der Waals surface area contributed by atoms with Crippen molar-refractivity contribution >= 4 is 23.4 Å². The van der Waals surface area contributed by atoms with E-state index in [4.69, 9.17) is 21.3 Å². The number of hydrogen-bond donors (Lipinski definition) is 1. The summed E-state index contributed by atoms with van der Waals surface area (Å²) in [5.41, 5.74) is 3.41. The van der Waals surface area contributed by atoms with E-state index in [0.29, 0.717) is 16.8 Å². The summed E-state index contributed by atoms with van der Waals surface area (Å²) in [5, 5.41) is 4.15. The van der Waals surface area contributed by atoms with E-state index in [-0.39, 0.29) is 17.4 Å². The molecule has 9 heteroatoms. The van der Waals surface area contributed by atoms with Crippen molar-refractivity contribution in [2.24, 2.45) is 5.16 Å². The van der Waals surface area contributed by atoms with Gasteiger partial charge in [0.15, 0.2) is 5.75 Å². The van der Waals surface area contributed by atoms with Crippen LogP contribution in [-0.4, -0.2) is 18.9 Å². The van der Waals surface area contributed by atoms with Crippen LogP contribution in [0.25, 0.3) is 0 Å². The molecule has 0 aliphatic carbocycles. The minimum Gasteiger partial charge on any atom is -0.451 e. The Hall–Kier alpha value is -2.87. The molecule has 0 aliphatic rings. The van der Waals surface area contributed by atoms with Crippen LogP contribution in [0.15, 0.2) is 41.6 Å². The van der Waals surface area contributed by atoms with Gasteiger partial charge >= 0.3 is 6.09 Å². The standard InChI is InChI=1S/C17H15ClF2N2O4/c1-10(21-25-9-11-5-13(19)8-14(20)6-11)12-3-4-15(18)16(7-12)26-22-17(23)24-2/h3-8H,9H2,1-2H3,(H,22,23)/b21-10+. The number of hydrogen-bond acceptors (Lipinski definition) is 5. The fourth-order valence-electron chi connectivity index (χ4n) is 1.90. The number of carbonyl (C=O) groups excluding carboxylic acids is 1. The van der Waals surface area contributed by atoms with E-state index in [0.717, 1.165) is 18.2 Å². The van der Waals surface area contributed by atoms with E-state index in [9.17, 15) is 13.6 Å². The van der Waals surface area contributed by atoms with E-state index >= 15 is 0 Å². The maximum absolute atomic E-state index is 13.1. The highest BCUT2D eigenvalue weighted by Gasteiger charge is 2.09. The van der Waals surface area contributed by atoms with Gasteiger partial charge in [0, 0.05) is 11.6 Å². The zero-order valence-electron chi connectivity index (χ0n) is 13.9. The number of hydroxylamine groups is 1. The summed E-state index contributed by atoms with van der Waals surface area (Å²) >= 11 is 5.98. The lowest BCUT2D eigenvalue weighted by Crippen LogP contribution is -2.26. The molecule has 0 radical (unpaired) electrons. The maximum atomic E-state index is 13.1. The quantitative estimate of drug-likeness (QED) is 0.598. The van der Waals surface area contributed by atoms with Crippen molar-refractivity contribution in [3.05, 3.63) is 64.2 Å². The smallest absolute Gasteiger partial charge is 0.440 e. The number of oxime groups is 1. The summed E-state index contributed by atoms with van der Waals surface area (Å²) in [6.07, 6.45) is -0.789. The van der Waals surface area contributed by atoms with Crippen molar-refractivity contribution < 1.29 is 28.0 Å². The minimum atomic E-state index is -0.789. The maximum Gasteiger partial charge on any atom is 0.440 e. The van der Waals surface area contributed by atoms with Gasteiger partial charge in [-0.25, -0.2) is 13.6 Å². The molecule has 2 aromatic rings. The molecule has 1 N–H and O–H groups in total. The molecule has 0 saturated heterocycles. The van der Waals surface area contributed by atoms with Crippen LogP contribution in [0.2, 0.25) is 5.02 Å². The summed E-state index contributed by atoms with van der Waals surface area (Å²) in [5.74, 6) is -1.21. The highest BCUT2D eigenvalue weighted by molar-refractivity contribution is 6.32. The number of nitrogens with one attached hydrogen (secondary N) is 1. The number of benzene rings is 2. The molecule has 1 amide bonds. The second-order valence-corrected chi connectivity index (χ2v) is 5.48. The van der Waals surface area contributed by atoms with E-state index in [1.165, 1.54) is 13.2 Å². The third kappa shape index (κ3) is 5.59. The fourth-order valence-corrected chi connectivity index (χ4v) is 2.05. The molecule has 0 saturated carbocycles. The van der Waals surface area contributed by atoms with Crippen LogP contribution in [0.1, 0.15) is 18.1 Å². The second kappa shape index (κ2) is 9.00. The van der Waals surface area contributed by atoms with Crippen molar-refractivity contribution in [1.82, 2.24) is 5.48 Å². The molecule has 0 aliphatic heterocycles. The van der Waals surface area contributed by atoms with Crippen LogP contribution >= 0.6 is 11.6 Å². The first-order valence-electron chi connectivity index (χ1n) is 7.31. The number of nitrogens with zero attached hydrogens (tertiary/aromatic N) is 1. The first-order valence-corrected chi connectivity index (χ1v) is 7.69. The second-order valence-electron chi connectivity index (χ2n) is 5.07. The van der Waals surface area contributed by atoms with Crippen LogP contribution in [0.3, 0.4) is 0 Å². The predicted octanol–water partition coefficient (Wildman–Crippen LogP) is 4.21. The van der Waals surface area contributed by atoms with Gasteiger partial charge < -0.3 is 14.4 Å². The average Bonchev–Trinajstić information content (AvgIpc) is 2.59. The van der Waals surface area contributed by atoms with Gasteiger partial charge in [-0.05, 0) is 36.8 Å². The first kappa shape index (κ1) is 19.5. The molecule has 26 heavy (non-hydrogen) atoms. The summed E-state index contributed by atoms with van der Waals surface area (Å²) in [6, 6.07) is 7.82. The Morgan fingerprint density at radius 2 is 1.88 bits per heavy atom. The summed E-state index contributed by atoms with van der Waals surface area (Å²) in [4.78, 5) is 21.2. The van der Waals surface area contributed by atoms with Gasteiger partial charge in [0.2, 0.25) is 0 Å². The molecule has 0 unspecified atom stereocenters. The lowest BCUT2D eigenvalue weighted by Gasteiger charge is -2.09. The first-order chi connectivity index (χ1) is 12.4. The summed E-state index contributed by atoms with van der Waals surface area (Å²) in [7, 11) is 1.19. The molecule has 0 spiro atoms. The van der Waals surface area contributed by atoms with Crippen LogP contribution in [-0.2, 0) is 16.2 Å². The molecule has 0 fully saturated rings. The Morgan fingerprint density at radius 3 is 2.54 bits per heavy atom. The summed E-state index contributed by atoms with van der Waals surface area (Å²) in [6.45, 7) is 1.56. The third-order valence-corrected chi connectivity index (χ3v) is 3.45. The van der Waals surface area contributed by atoms with E-state index in [1.807, 2.05) is 5.48 Å². The Balaban J connectivity index is 2.04. The molecule has 0 heterocycles. The van der Waals surface area contributed by atoms with Gasteiger partial charge in [0.05, 0.1) is 17.8 Å². The zero-order chi connectivity index (χ0) is 19.1. The van der Waals surface area contributed by atoms with Gasteiger partial charge in [-0.3, -0.25) is 0 Å². The Kier molecular flexibility index (Phi) is 6.74. The van der Waals surface area contributed by atoms with E-state index in [2.05, 4.69) is 9.89 Å². The van der Waals surface area contributed by atoms with E-state index in [1.54, 1.807) is 19.1 Å². The minimum absolute atomic E-state index is 0.104. The highest BCUT2D eigenvalue weighted by atomic mass is 35.5. The lowest BCUT2D eigenvalue weighted by atomic mass is 10.1. The van der Waals surface area contributed by atoms with Crippen molar-refractivity contribution in [1.29, 1.82) is 0 Å². The van der Waals surface area contributed by atoms with Crippen molar-refractivity contribution in [3.8, 4) is 5.75 Å². The molecule has 6 nitrogen and oxygen atoms in total. The van der Waals surface area contributed by atoms with Crippen LogP contribution in [0, 0.1) is 11.6 Å². The predicted molar refractivity (Wildman–Crippen MR) is 91.0 cm³/mol. The molecule has 2 rings (SSSR count). The third-order valence-electron chi connectivity index (χ3n) is 3.13. The molecular formula is C17H15ClF2N2O4. The largest absolute Gasteiger partial charge is 0.451 e. The number of ether oxygens (including phenoxy) is 1. The Morgan fingerprint density at radius 1 is 1.19 bits per heavy atom. The number of carbonyl (C=O) groups is 1. The summed E-state index contributed by atoms with van der Waals surface area (Å²) < 4.78 is 30.6. The number of rotatable bonds is 6. The number of halogens is 3. The molecular weight excluding hydrogens is 370 g/mol. The van der Waals surface area contributed by atoms with Gasteiger partial charge in [-0.1, -0.05) is 22.8 Å². The van der Waals surface area contributed by atoms with Gasteiger partial charge in [0.25, 0.3) is 0 Å². The van der Waals surface area contributed by atoms with Crippen molar-refractivity contribution in [2.75, 3.05) is 7.11 Å². The molecule has 0 aromatic heterocycles. The van der Waals surface area contributed by atoms with Gasteiger partial charge in [-0.2, -0.15) is 5.48 Å². The number of amides is 1. The fraction of sp³-hybridized carbons (Fsp3) is 0.176. The molecule has 138 valence electrons. The van der Waals surface area contributed by atoms with Gasteiger partial charge in [-0.15, -0.1) is 0 Å². The molecule has 2 aromatic carbocycles. The monoisotopic (exact) mass is 384 g/mol.